The molecule has 0 atom stereocenters. The fourth-order valence-corrected chi connectivity index (χ4v) is 0.294. The number of hydrazine groups is 1. The van der Waals surface area contributed by atoms with Crippen LogP contribution in [0.4, 0.5) is 0 Å². The van der Waals surface area contributed by atoms with E-state index in [9.17, 15) is 5.21 Å². The molecule has 0 aromatic rings. The van der Waals surface area contributed by atoms with Gasteiger partial charge >= 0.3 is 0 Å². The van der Waals surface area contributed by atoms with Crippen LogP contribution in [0.5, 0.6) is 0 Å². The lowest BCUT2D eigenvalue weighted by atomic mass is 10.2. The summed E-state index contributed by atoms with van der Waals surface area (Å²) in [5, 5.41) is 10.7. The predicted octanol–water partition coefficient (Wildman–Crippen LogP) is 0.651. The first-order chi connectivity index (χ1) is 3.95. The van der Waals surface area contributed by atoms with Gasteiger partial charge in [-0.25, -0.2) is 5.43 Å². The lowest BCUT2D eigenvalue weighted by Crippen LogP contribution is -2.36. The fraction of sp³-hybridized carbons (Fsp3) is 1.00. The zero-order valence-corrected chi connectivity index (χ0v) is 6.26. The maximum atomic E-state index is 10.4. The molecular weight excluding hydrogens is 120 g/mol. The van der Waals surface area contributed by atoms with Crippen LogP contribution >= 0.6 is 0 Å². The molecule has 0 aliphatic rings. The molecule has 0 unspecified atom stereocenters. The van der Waals surface area contributed by atoms with E-state index < -0.39 is 5.60 Å². The van der Waals surface area contributed by atoms with Crippen LogP contribution in [0.25, 0.3) is 0 Å². The summed E-state index contributed by atoms with van der Waals surface area (Å²) in [6, 6.07) is 0. The lowest BCUT2D eigenvalue weighted by Gasteiger charge is -2.32. The van der Waals surface area contributed by atoms with Crippen LogP contribution < -0.4 is 5.43 Å². The van der Waals surface area contributed by atoms with Crippen LogP contribution in [0.2, 0.25) is 0 Å². The Kier molecular flexibility index (Phi) is 3.07. The van der Waals surface area contributed by atoms with E-state index in [1.165, 1.54) is 7.05 Å². The van der Waals surface area contributed by atoms with Crippen LogP contribution in [-0.2, 0) is 4.84 Å². The highest BCUT2D eigenvalue weighted by molar-refractivity contribution is 4.56. The van der Waals surface area contributed by atoms with Gasteiger partial charge in [-0.2, -0.15) is 5.34 Å². The molecule has 0 saturated carbocycles. The van der Waals surface area contributed by atoms with Crippen molar-refractivity contribution >= 4 is 0 Å². The number of rotatable bonds is 2. The van der Waals surface area contributed by atoms with E-state index in [1.54, 1.807) is 20.8 Å². The highest BCUT2D eigenvalue weighted by atomic mass is 16.9. The first kappa shape index (κ1) is 8.84. The highest BCUT2D eigenvalue weighted by Gasteiger charge is 2.10. The van der Waals surface area contributed by atoms with Gasteiger partial charge in [-0.1, -0.05) is 0 Å². The molecule has 0 saturated heterocycles. The Bertz CT molecular complexity index is 79.5. The van der Waals surface area contributed by atoms with Gasteiger partial charge < -0.3 is 5.21 Å². The van der Waals surface area contributed by atoms with E-state index >= 15 is 0 Å². The molecule has 0 heterocycles. The Labute approximate surface area is 55.3 Å². The standard InChI is InChI=1S/C5H13N2O2/c1-5(2,3)9-7(8)6-4/h6H,1-4H3/q-1. The lowest BCUT2D eigenvalue weighted by molar-refractivity contribution is -0.223. The molecule has 0 aliphatic heterocycles. The Morgan fingerprint density at radius 3 is 2.00 bits per heavy atom. The third kappa shape index (κ3) is 5.72. The smallest absolute Gasteiger partial charge is 0.0820 e. The zero-order valence-electron chi connectivity index (χ0n) is 6.26. The molecule has 1 N–H and O–H groups in total. The summed E-state index contributed by atoms with van der Waals surface area (Å²) >= 11 is 0. The SMILES string of the molecule is CNN([O-])OC(C)(C)C. The van der Waals surface area contributed by atoms with Gasteiger partial charge in [0.1, 0.15) is 0 Å². The minimum atomic E-state index is -0.426. The van der Waals surface area contributed by atoms with E-state index in [1.807, 2.05) is 0 Å². The summed E-state index contributed by atoms with van der Waals surface area (Å²) in [4.78, 5) is 4.75. The van der Waals surface area contributed by atoms with E-state index in [2.05, 4.69) is 5.43 Å². The molecule has 0 radical (unpaired) electrons. The Morgan fingerprint density at radius 1 is 1.44 bits per heavy atom. The van der Waals surface area contributed by atoms with E-state index in [-0.39, 0.29) is 0 Å². The molecule has 0 fully saturated rings. The largest absolute Gasteiger partial charge is 0.748 e. The summed E-state index contributed by atoms with van der Waals surface area (Å²) in [5.41, 5.74) is 1.85. The molecule has 4 heteroatoms. The summed E-state index contributed by atoms with van der Waals surface area (Å²) in [5.74, 6) is 0. The van der Waals surface area contributed by atoms with Gasteiger partial charge in [-0.15, -0.1) is 0 Å². The van der Waals surface area contributed by atoms with E-state index in [0.717, 1.165) is 0 Å². The molecule has 0 aromatic carbocycles. The Balaban J connectivity index is 3.47. The van der Waals surface area contributed by atoms with Crippen molar-refractivity contribution in [2.75, 3.05) is 7.05 Å². The van der Waals surface area contributed by atoms with Crippen LogP contribution in [0, 0.1) is 5.21 Å². The van der Waals surface area contributed by atoms with Crippen molar-refractivity contribution in [2.24, 2.45) is 0 Å². The number of hydrogen-bond donors (Lipinski definition) is 1. The second kappa shape index (κ2) is 3.12. The second-order valence-corrected chi connectivity index (χ2v) is 2.68. The predicted molar refractivity (Wildman–Crippen MR) is 35.1 cm³/mol. The van der Waals surface area contributed by atoms with Crippen LogP contribution in [0.15, 0.2) is 0 Å². The van der Waals surface area contributed by atoms with Gasteiger partial charge in [0, 0.05) is 0 Å². The molecule has 9 heavy (non-hydrogen) atoms. The van der Waals surface area contributed by atoms with E-state index in [4.69, 9.17) is 4.84 Å². The molecule has 56 valence electrons. The first-order valence-corrected chi connectivity index (χ1v) is 2.79. The normalized spacial score (nSPS) is 12.7. The molecule has 4 nitrogen and oxygen atoms in total. The Hall–Kier alpha value is -0.160. The van der Waals surface area contributed by atoms with Crippen molar-refractivity contribution in [1.29, 1.82) is 0 Å². The minimum Gasteiger partial charge on any atom is -0.748 e. The zero-order chi connectivity index (χ0) is 7.49. The monoisotopic (exact) mass is 133 g/mol. The van der Waals surface area contributed by atoms with Gasteiger partial charge in [-0.05, 0) is 27.8 Å². The number of hydrogen-bond acceptors (Lipinski definition) is 4. The topological polar surface area (TPSA) is 47.6 Å². The molecular formula is C5H13N2O2-. The molecule has 0 rings (SSSR count). The number of nitrogens with one attached hydrogen (secondary N) is 1. The van der Waals surface area contributed by atoms with E-state index in [0.29, 0.717) is 5.34 Å². The summed E-state index contributed by atoms with van der Waals surface area (Å²) in [6.07, 6.45) is 0. The average Bonchev–Trinajstić information content (AvgIpc) is 1.62. The number of nitrogens with zero attached hydrogens (tertiary/aromatic N) is 1. The highest BCUT2D eigenvalue weighted by Crippen LogP contribution is 2.06. The molecule has 0 bridgehead atoms. The van der Waals surface area contributed by atoms with Crippen molar-refractivity contribution in [2.45, 2.75) is 26.4 Å². The van der Waals surface area contributed by atoms with Crippen molar-refractivity contribution < 1.29 is 4.84 Å². The first-order valence-electron chi connectivity index (χ1n) is 2.79. The maximum Gasteiger partial charge on any atom is 0.0820 e. The quantitative estimate of drug-likeness (QED) is 0.562. The summed E-state index contributed by atoms with van der Waals surface area (Å²) in [7, 11) is 1.50. The summed E-state index contributed by atoms with van der Waals surface area (Å²) < 4.78 is 0. The maximum absolute atomic E-state index is 10.4. The Morgan fingerprint density at radius 2 is 1.89 bits per heavy atom. The minimum absolute atomic E-state index is 0.333. The van der Waals surface area contributed by atoms with Gasteiger partial charge in [-0.3, -0.25) is 4.84 Å². The molecule has 0 aromatic heterocycles. The van der Waals surface area contributed by atoms with Gasteiger partial charge in [0.25, 0.3) is 0 Å². The van der Waals surface area contributed by atoms with Crippen LogP contribution in [-0.4, -0.2) is 18.0 Å². The average molecular weight is 133 g/mol. The third-order valence-corrected chi connectivity index (χ3v) is 0.539. The fourth-order valence-electron chi connectivity index (χ4n) is 0.294. The molecule has 0 aliphatic carbocycles. The van der Waals surface area contributed by atoms with Gasteiger partial charge in [0.15, 0.2) is 0 Å². The molecule has 0 spiro atoms. The van der Waals surface area contributed by atoms with Crippen molar-refractivity contribution in [3.05, 3.63) is 5.21 Å². The second-order valence-electron chi connectivity index (χ2n) is 2.68. The molecule has 0 amide bonds. The van der Waals surface area contributed by atoms with Crippen LogP contribution in [0.3, 0.4) is 0 Å². The van der Waals surface area contributed by atoms with Crippen molar-refractivity contribution in [1.82, 2.24) is 10.8 Å². The third-order valence-electron chi connectivity index (χ3n) is 0.539. The van der Waals surface area contributed by atoms with Gasteiger partial charge in [0.05, 0.1) is 5.60 Å². The van der Waals surface area contributed by atoms with Crippen molar-refractivity contribution in [3.8, 4) is 0 Å². The van der Waals surface area contributed by atoms with Crippen LogP contribution in [0.1, 0.15) is 20.8 Å². The summed E-state index contributed by atoms with van der Waals surface area (Å²) in [6.45, 7) is 5.40. The van der Waals surface area contributed by atoms with Gasteiger partial charge in [0.2, 0.25) is 0 Å². The van der Waals surface area contributed by atoms with Crippen molar-refractivity contribution in [3.63, 3.8) is 0 Å².